The topological polar surface area (TPSA) is 57.6 Å². The molecule has 1 N–H and O–H groups in total. The quantitative estimate of drug-likeness (QED) is 0.232. The van der Waals surface area contributed by atoms with Crippen molar-refractivity contribution >= 4 is 23.1 Å². The van der Waals surface area contributed by atoms with Crippen LogP contribution in [0.2, 0.25) is 0 Å². The number of amides is 1. The maximum absolute atomic E-state index is 13.5. The molecule has 1 unspecified atom stereocenters. The van der Waals surface area contributed by atoms with Gasteiger partial charge in [-0.3, -0.25) is 14.5 Å². The highest BCUT2D eigenvalue weighted by Gasteiger charge is 2.47. The second-order valence-electron chi connectivity index (χ2n) is 12.2. The first-order valence-corrected chi connectivity index (χ1v) is 12.8. The Hall–Kier alpha value is -3.66. The zero-order chi connectivity index (χ0) is 27.3. The number of benzene rings is 3. The van der Waals surface area contributed by atoms with E-state index < -0.39 is 17.7 Å². The van der Waals surface area contributed by atoms with Crippen molar-refractivity contribution in [1.82, 2.24) is 0 Å². The molecule has 1 atom stereocenters. The highest BCUT2D eigenvalue weighted by molar-refractivity contribution is 6.51. The van der Waals surface area contributed by atoms with Crippen LogP contribution in [-0.4, -0.2) is 16.8 Å². The van der Waals surface area contributed by atoms with Gasteiger partial charge >= 0.3 is 0 Å². The molecule has 1 fully saturated rings. The van der Waals surface area contributed by atoms with E-state index in [1.165, 1.54) is 4.90 Å². The number of anilines is 1. The van der Waals surface area contributed by atoms with Gasteiger partial charge in [0, 0.05) is 11.3 Å². The van der Waals surface area contributed by atoms with Crippen LogP contribution in [0.4, 0.5) is 5.69 Å². The lowest BCUT2D eigenvalue weighted by atomic mass is 9.85. The molecule has 0 aliphatic carbocycles. The zero-order valence-corrected chi connectivity index (χ0v) is 23.1. The smallest absolute Gasteiger partial charge is 0.300 e. The highest BCUT2D eigenvalue weighted by Crippen LogP contribution is 2.43. The standard InChI is InChI=1S/C33H37NO3/c1-20-9-10-21(2)26(19-20)29(35)27-28(22-11-13-23(14-12-22)32(3,4)5)34(31(37)30(27)36)25-17-15-24(16-18-25)33(6,7)8/h9-19,28,35H,1-8H3/b29-27+. The van der Waals surface area contributed by atoms with E-state index in [9.17, 15) is 14.7 Å². The number of aliphatic hydroxyl groups is 1. The minimum atomic E-state index is -0.741. The Kier molecular flexibility index (Phi) is 6.66. The summed E-state index contributed by atoms with van der Waals surface area (Å²) in [4.78, 5) is 28.6. The number of Topliss-reactive ketones (excluding diaryl/α,β-unsaturated/α-hetero) is 1. The first kappa shape index (κ1) is 26.4. The van der Waals surface area contributed by atoms with Gasteiger partial charge in [0.05, 0.1) is 11.6 Å². The Balaban J connectivity index is 1.93. The largest absolute Gasteiger partial charge is 0.507 e. The summed E-state index contributed by atoms with van der Waals surface area (Å²) < 4.78 is 0. The molecule has 0 radical (unpaired) electrons. The maximum Gasteiger partial charge on any atom is 0.300 e. The van der Waals surface area contributed by atoms with Crippen LogP contribution < -0.4 is 4.90 Å². The van der Waals surface area contributed by atoms with Crippen LogP contribution in [0.3, 0.4) is 0 Å². The van der Waals surface area contributed by atoms with Crippen molar-refractivity contribution < 1.29 is 14.7 Å². The first-order valence-electron chi connectivity index (χ1n) is 12.8. The first-order chi connectivity index (χ1) is 17.2. The molecule has 0 bridgehead atoms. The lowest BCUT2D eigenvalue weighted by molar-refractivity contribution is -0.132. The molecule has 4 rings (SSSR count). The van der Waals surface area contributed by atoms with Crippen molar-refractivity contribution in [3.05, 3.63) is 106 Å². The van der Waals surface area contributed by atoms with Gasteiger partial charge in [-0.2, -0.15) is 0 Å². The van der Waals surface area contributed by atoms with Gasteiger partial charge < -0.3 is 5.11 Å². The number of carbonyl (C=O) groups is 2. The van der Waals surface area contributed by atoms with E-state index in [0.29, 0.717) is 11.3 Å². The van der Waals surface area contributed by atoms with Crippen molar-refractivity contribution in [2.24, 2.45) is 0 Å². The predicted molar refractivity (Wildman–Crippen MR) is 151 cm³/mol. The Morgan fingerprint density at radius 2 is 1.27 bits per heavy atom. The molecule has 1 aliphatic heterocycles. The number of nitrogens with zero attached hydrogens (tertiary/aromatic N) is 1. The van der Waals surface area contributed by atoms with E-state index in [-0.39, 0.29) is 22.2 Å². The third-order valence-corrected chi connectivity index (χ3v) is 7.20. The van der Waals surface area contributed by atoms with Gasteiger partial charge in [0.2, 0.25) is 0 Å². The lowest BCUT2D eigenvalue weighted by Crippen LogP contribution is -2.29. The Labute approximate surface area is 220 Å². The van der Waals surface area contributed by atoms with Crippen LogP contribution in [0.15, 0.2) is 72.3 Å². The Morgan fingerprint density at radius 3 is 1.78 bits per heavy atom. The average Bonchev–Trinajstić information content (AvgIpc) is 3.09. The van der Waals surface area contributed by atoms with E-state index in [2.05, 4.69) is 41.5 Å². The number of hydrogen-bond acceptors (Lipinski definition) is 3. The zero-order valence-electron chi connectivity index (χ0n) is 23.1. The summed E-state index contributed by atoms with van der Waals surface area (Å²) in [6, 6.07) is 20.8. The van der Waals surface area contributed by atoms with Gasteiger partial charge in [-0.05, 0) is 65.1 Å². The second-order valence-corrected chi connectivity index (χ2v) is 12.2. The molecule has 0 spiro atoms. The van der Waals surface area contributed by atoms with Gasteiger partial charge in [-0.25, -0.2) is 0 Å². The number of ketones is 1. The second kappa shape index (κ2) is 9.33. The van der Waals surface area contributed by atoms with Crippen molar-refractivity contribution in [2.75, 3.05) is 4.90 Å². The van der Waals surface area contributed by atoms with Crippen LogP contribution >= 0.6 is 0 Å². The maximum atomic E-state index is 13.5. The summed E-state index contributed by atoms with van der Waals surface area (Å²) in [5.74, 6) is -1.46. The molecule has 0 saturated carbocycles. The van der Waals surface area contributed by atoms with E-state index >= 15 is 0 Å². The number of aliphatic hydroxyl groups excluding tert-OH is 1. The summed E-state index contributed by atoms with van der Waals surface area (Å²) in [5.41, 5.74) is 6.08. The molecule has 1 saturated heterocycles. The van der Waals surface area contributed by atoms with Crippen LogP contribution in [0.25, 0.3) is 5.76 Å². The van der Waals surface area contributed by atoms with Gasteiger partial charge in [-0.15, -0.1) is 0 Å². The summed E-state index contributed by atoms with van der Waals surface area (Å²) >= 11 is 0. The summed E-state index contributed by atoms with van der Waals surface area (Å²) in [7, 11) is 0. The van der Waals surface area contributed by atoms with Gasteiger partial charge in [-0.1, -0.05) is 95.6 Å². The van der Waals surface area contributed by atoms with Crippen LogP contribution in [0.5, 0.6) is 0 Å². The van der Waals surface area contributed by atoms with Crippen LogP contribution in [0.1, 0.15) is 81.0 Å². The van der Waals surface area contributed by atoms with Crippen molar-refractivity contribution in [3.8, 4) is 0 Å². The Bertz CT molecular complexity index is 1380. The molecule has 0 aromatic heterocycles. The molecule has 4 nitrogen and oxygen atoms in total. The fourth-order valence-corrected chi connectivity index (χ4v) is 4.84. The average molecular weight is 496 g/mol. The number of rotatable bonds is 3. The van der Waals surface area contributed by atoms with E-state index in [1.807, 2.05) is 80.6 Å². The number of hydrogen-bond donors (Lipinski definition) is 1. The molecule has 192 valence electrons. The third-order valence-electron chi connectivity index (χ3n) is 7.20. The molecule has 3 aromatic rings. The molecule has 1 aliphatic rings. The van der Waals surface area contributed by atoms with Crippen molar-refractivity contribution in [3.63, 3.8) is 0 Å². The van der Waals surface area contributed by atoms with Gasteiger partial charge in [0.1, 0.15) is 5.76 Å². The summed E-state index contributed by atoms with van der Waals surface area (Å²) in [6.07, 6.45) is 0. The van der Waals surface area contributed by atoms with Crippen LogP contribution in [0, 0.1) is 13.8 Å². The fourth-order valence-electron chi connectivity index (χ4n) is 4.84. The van der Waals surface area contributed by atoms with E-state index in [1.54, 1.807) is 0 Å². The van der Waals surface area contributed by atoms with Gasteiger partial charge in [0.15, 0.2) is 0 Å². The molecule has 4 heteroatoms. The summed E-state index contributed by atoms with van der Waals surface area (Å²) in [5, 5.41) is 11.5. The predicted octanol–water partition coefficient (Wildman–Crippen LogP) is 7.52. The Morgan fingerprint density at radius 1 is 0.757 bits per heavy atom. The van der Waals surface area contributed by atoms with Crippen LogP contribution in [-0.2, 0) is 20.4 Å². The SMILES string of the molecule is Cc1ccc(C)c(/C(O)=C2\C(=O)C(=O)N(c3ccc(C(C)(C)C)cc3)C2c2ccc(C(C)(C)C)cc2)c1. The van der Waals surface area contributed by atoms with Crippen molar-refractivity contribution in [1.29, 1.82) is 0 Å². The molecule has 1 amide bonds. The lowest BCUT2D eigenvalue weighted by Gasteiger charge is -2.27. The van der Waals surface area contributed by atoms with Gasteiger partial charge in [0.25, 0.3) is 11.7 Å². The molecule has 1 heterocycles. The molecule has 3 aromatic carbocycles. The minimum Gasteiger partial charge on any atom is -0.507 e. The molecular weight excluding hydrogens is 458 g/mol. The summed E-state index contributed by atoms with van der Waals surface area (Å²) in [6.45, 7) is 16.7. The number of carbonyl (C=O) groups excluding carboxylic acids is 2. The monoisotopic (exact) mass is 495 g/mol. The minimum absolute atomic E-state index is 0.0399. The van der Waals surface area contributed by atoms with E-state index in [4.69, 9.17) is 0 Å². The van der Waals surface area contributed by atoms with E-state index in [0.717, 1.165) is 27.8 Å². The molecular formula is C33H37NO3. The number of aryl methyl sites for hydroxylation is 2. The van der Waals surface area contributed by atoms with Crippen molar-refractivity contribution in [2.45, 2.75) is 72.3 Å². The molecule has 37 heavy (non-hydrogen) atoms. The highest BCUT2D eigenvalue weighted by atomic mass is 16.3. The third kappa shape index (κ3) is 4.98. The fraction of sp³-hybridized carbons (Fsp3) is 0.333. The normalized spacial score (nSPS) is 17.9.